The van der Waals surface area contributed by atoms with Gasteiger partial charge in [0.25, 0.3) is 0 Å². The van der Waals surface area contributed by atoms with Crippen LogP contribution >= 0.6 is 0 Å². The average molecular weight is 262 g/mol. The lowest BCUT2D eigenvalue weighted by Crippen LogP contribution is -2.42. The number of methoxy groups -OCH3 is 1. The van der Waals surface area contributed by atoms with Gasteiger partial charge in [-0.15, -0.1) is 0 Å². The predicted octanol–water partition coefficient (Wildman–Crippen LogP) is 1.45. The lowest BCUT2D eigenvalue weighted by Gasteiger charge is -2.21. The van der Waals surface area contributed by atoms with Gasteiger partial charge in [-0.05, 0) is 37.4 Å². The molecule has 1 amide bonds. The van der Waals surface area contributed by atoms with Gasteiger partial charge in [0.2, 0.25) is 5.91 Å². The van der Waals surface area contributed by atoms with Crippen molar-refractivity contribution < 1.29 is 9.53 Å². The first-order chi connectivity index (χ1) is 9.22. The highest BCUT2D eigenvalue weighted by molar-refractivity contribution is 5.81. The van der Waals surface area contributed by atoms with Gasteiger partial charge in [-0.25, -0.2) is 0 Å². The number of carbonyl (C=O) groups excluding carboxylic acids is 1. The number of hydrogen-bond donors (Lipinski definition) is 1. The van der Waals surface area contributed by atoms with Gasteiger partial charge in [0, 0.05) is 13.6 Å². The predicted molar refractivity (Wildman–Crippen MR) is 75.4 cm³/mol. The first kappa shape index (κ1) is 13.9. The number of para-hydroxylation sites is 1. The summed E-state index contributed by atoms with van der Waals surface area (Å²) in [4.78, 5) is 14.0. The van der Waals surface area contributed by atoms with E-state index in [1.807, 2.05) is 36.2 Å². The molecule has 1 atom stereocenters. The van der Waals surface area contributed by atoms with Crippen LogP contribution in [0.15, 0.2) is 24.3 Å². The quantitative estimate of drug-likeness (QED) is 0.873. The number of carbonyl (C=O) groups is 1. The van der Waals surface area contributed by atoms with Gasteiger partial charge in [-0.3, -0.25) is 4.79 Å². The van der Waals surface area contributed by atoms with Crippen molar-refractivity contribution in [2.45, 2.75) is 25.3 Å². The molecule has 0 aliphatic carbocycles. The maximum absolute atomic E-state index is 12.2. The molecule has 2 rings (SSSR count). The Kier molecular flexibility index (Phi) is 4.80. The molecule has 0 radical (unpaired) electrons. The smallest absolute Gasteiger partial charge is 0.239 e. The topological polar surface area (TPSA) is 41.6 Å². The van der Waals surface area contributed by atoms with Gasteiger partial charge in [0.15, 0.2) is 0 Å². The van der Waals surface area contributed by atoms with E-state index in [4.69, 9.17) is 4.74 Å². The van der Waals surface area contributed by atoms with E-state index in [9.17, 15) is 4.79 Å². The van der Waals surface area contributed by atoms with Crippen LogP contribution in [-0.4, -0.2) is 44.1 Å². The van der Waals surface area contributed by atoms with E-state index in [1.54, 1.807) is 7.11 Å². The Morgan fingerprint density at radius 1 is 1.47 bits per heavy atom. The van der Waals surface area contributed by atoms with Crippen molar-refractivity contribution in [2.24, 2.45) is 0 Å². The molecule has 0 aromatic heterocycles. The van der Waals surface area contributed by atoms with Gasteiger partial charge in [0.05, 0.1) is 13.2 Å². The maximum Gasteiger partial charge on any atom is 0.239 e. The minimum Gasteiger partial charge on any atom is -0.496 e. The Labute approximate surface area is 114 Å². The third-order valence-electron chi connectivity index (χ3n) is 3.64. The summed E-state index contributed by atoms with van der Waals surface area (Å²) in [6.07, 6.45) is 2.87. The highest BCUT2D eigenvalue weighted by atomic mass is 16.5. The Hall–Kier alpha value is -1.55. The first-order valence-corrected chi connectivity index (χ1v) is 6.82. The maximum atomic E-state index is 12.2. The van der Waals surface area contributed by atoms with Crippen molar-refractivity contribution in [2.75, 3.05) is 27.2 Å². The van der Waals surface area contributed by atoms with Crippen LogP contribution in [0.5, 0.6) is 5.75 Å². The zero-order valence-electron chi connectivity index (χ0n) is 11.7. The van der Waals surface area contributed by atoms with Crippen LogP contribution in [0.3, 0.4) is 0 Å². The summed E-state index contributed by atoms with van der Waals surface area (Å²) in [5, 5.41) is 3.24. The number of amides is 1. The number of hydrogen-bond acceptors (Lipinski definition) is 3. The summed E-state index contributed by atoms with van der Waals surface area (Å²) in [5.41, 5.74) is 1.14. The fourth-order valence-corrected chi connectivity index (χ4v) is 2.47. The van der Waals surface area contributed by atoms with Crippen molar-refractivity contribution in [1.82, 2.24) is 10.2 Å². The van der Waals surface area contributed by atoms with Crippen molar-refractivity contribution >= 4 is 5.91 Å². The van der Waals surface area contributed by atoms with Gasteiger partial charge in [-0.2, -0.15) is 0 Å². The summed E-state index contributed by atoms with van der Waals surface area (Å²) in [6, 6.07) is 7.97. The second-order valence-corrected chi connectivity index (χ2v) is 4.97. The Balaban J connectivity index is 1.88. The highest BCUT2D eigenvalue weighted by Gasteiger charge is 2.24. The van der Waals surface area contributed by atoms with E-state index in [-0.39, 0.29) is 11.9 Å². The van der Waals surface area contributed by atoms with Crippen molar-refractivity contribution in [3.63, 3.8) is 0 Å². The summed E-state index contributed by atoms with van der Waals surface area (Å²) in [7, 11) is 3.55. The molecule has 4 nitrogen and oxygen atoms in total. The molecule has 1 aromatic rings. The largest absolute Gasteiger partial charge is 0.496 e. The van der Waals surface area contributed by atoms with Crippen molar-refractivity contribution in [1.29, 1.82) is 0 Å². The van der Waals surface area contributed by atoms with Gasteiger partial charge in [-0.1, -0.05) is 18.2 Å². The molecule has 19 heavy (non-hydrogen) atoms. The Bertz CT molecular complexity index is 428. The van der Waals surface area contributed by atoms with Gasteiger partial charge < -0.3 is 15.0 Å². The molecular weight excluding hydrogens is 240 g/mol. The molecule has 4 heteroatoms. The van der Waals surface area contributed by atoms with E-state index in [2.05, 4.69) is 5.32 Å². The fraction of sp³-hybridized carbons (Fsp3) is 0.533. The average Bonchev–Trinajstić information content (AvgIpc) is 2.98. The number of benzene rings is 1. The van der Waals surface area contributed by atoms with Crippen LogP contribution < -0.4 is 10.1 Å². The summed E-state index contributed by atoms with van der Waals surface area (Å²) < 4.78 is 5.32. The molecule has 1 aliphatic rings. The van der Waals surface area contributed by atoms with Crippen molar-refractivity contribution in [3.8, 4) is 5.75 Å². The minimum atomic E-state index is 0.0164. The second-order valence-electron chi connectivity index (χ2n) is 4.97. The van der Waals surface area contributed by atoms with Crippen LogP contribution in [0.4, 0.5) is 0 Å². The van der Waals surface area contributed by atoms with E-state index in [0.29, 0.717) is 0 Å². The van der Waals surface area contributed by atoms with Crippen LogP contribution in [-0.2, 0) is 11.2 Å². The number of likely N-dealkylation sites (N-methyl/N-ethyl adjacent to an activating group) is 1. The summed E-state index contributed by atoms with van der Waals surface area (Å²) >= 11 is 0. The Morgan fingerprint density at radius 2 is 2.26 bits per heavy atom. The molecule has 104 valence electrons. The first-order valence-electron chi connectivity index (χ1n) is 6.82. The van der Waals surface area contributed by atoms with E-state index in [0.717, 1.165) is 43.7 Å². The van der Waals surface area contributed by atoms with Gasteiger partial charge in [0.1, 0.15) is 5.75 Å². The standard InChI is InChI=1S/C15H22N2O2/c1-17(15(18)13-7-5-10-16-13)11-9-12-6-3-4-8-14(12)19-2/h3-4,6,8,13,16H,5,7,9-11H2,1-2H3. The lowest BCUT2D eigenvalue weighted by atomic mass is 10.1. The molecular formula is C15H22N2O2. The van der Waals surface area contributed by atoms with Crippen molar-refractivity contribution in [3.05, 3.63) is 29.8 Å². The molecule has 0 bridgehead atoms. The molecule has 1 fully saturated rings. The molecule has 1 unspecified atom stereocenters. The number of nitrogens with zero attached hydrogens (tertiary/aromatic N) is 1. The van der Waals surface area contributed by atoms with E-state index in [1.165, 1.54) is 0 Å². The van der Waals surface area contributed by atoms with Gasteiger partial charge >= 0.3 is 0 Å². The Morgan fingerprint density at radius 3 is 2.95 bits per heavy atom. The third kappa shape index (κ3) is 3.47. The summed E-state index contributed by atoms with van der Waals surface area (Å²) in [6.45, 7) is 1.67. The van der Waals surface area contributed by atoms with E-state index < -0.39 is 0 Å². The molecule has 0 spiro atoms. The van der Waals surface area contributed by atoms with Crippen LogP contribution in [0.25, 0.3) is 0 Å². The zero-order valence-corrected chi connectivity index (χ0v) is 11.7. The van der Waals surface area contributed by atoms with Crippen LogP contribution in [0, 0.1) is 0 Å². The fourth-order valence-electron chi connectivity index (χ4n) is 2.47. The number of nitrogens with one attached hydrogen (secondary N) is 1. The van der Waals surface area contributed by atoms with E-state index >= 15 is 0 Å². The zero-order chi connectivity index (χ0) is 13.7. The van der Waals surface area contributed by atoms with Crippen LogP contribution in [0.2, 0.25) is 0 Å². The molecule has 1 aromatic carbocycles. The monoisotopic (exact) mass is 262 g/mol. The molecule has 0 saturated carbocycles. The highest BCUT2D eigenvalue weighted by Crippen LogP contribution is 2.18. The number of rotatable bonds is 5. The second kappa shape index (κ2) is 6.57. The molecule has 1 heterocycles. The SMILES string of the molecule is COc1ccccc1CCN(C)C(=O)C1CCCN1. The normalized spacial score (nSPS) is 18.3. The number of ether oxygens (including phenoxy) is 1. The molecule has 1 aliphatic heterocycles. The van der Waals surface area contributed by atoms with Crippen LogP contribution in [0.1, 0.15) is 18.4 Å². The summed E-state index contributed by atoms with van der Waals surface area (Å²) in [5.74, 6) is 1.09. The molecule has 1 N–H and O–H groups in total. The lowest BCUT2D eigenvalue weighted by molar-refractivity contribution is -0.131. The molecule has 1 saturated heterocycles. The third-order valence-corrected chi connectivity index (χ3v) is 3.64. The minimum absolute atomic E-state index is 0.0164.